The molecule has 0 N–H and O–H groups in total. The second-order valence-corrected chi connectivity index (χ2v) is 5.37. The number of rotatable bonds is 4. The quantitative estimate of drug-likeness (QED) is 0.858. The minimum Gasteiger partial charge on any atom is -0.489 e. The van der Waals surface area contributed by atoms with Gasteiger partial charge in [0, 0.05) is 24.8 Å². The number of morpholine rings is 1. The summed E-state index contributed by atoms with van der Waals surface area (Å²) in [5, 5.41) is 0. The molecule has 0 bridgehead atoms. The van der Waals surface area contributed by atoms with E-state index >= 15 is 0 Å². The Morgan fingerprint density at radius 1 is 1.05 bits per heavy atom. The van der Waals surface area contributed by atoms with Crippen LogP contribution in [0.2, 0.25) is 0 Å². The third kappa shape index (κ3) is 3.76. The average molecular weight is 283 g/mol. The largest absolute Gasteiger partial charge is 0.489 e. The molecule has 0 spiro atoms. The maximum atomic E-state index is 5.91. The van der Waals surface area contributed by atoms with Crippen molar-refractivity contribution in [3.63, 3.8) is 0 Å². The van der Waals surface area contributed by atoms with E-state index in [1.165, 1.54) is 16.8 Å². The molecule has 2 aromatic rings. The summed E-state index contributed by atoms with van der Waals surface area (Å²) in [5.74, 6) is 0.916. The molecule has 110 valence electrons. The van der Waals surface area contributed by atoms with Crippen molar-refractivity contribution in [2.45, 2.75) is 13.5 Å². The van der Waals surface area contributed by atoms with Crippen LogP contribution >= 0.6 is 0 Å². The van der Waals surface area contributed by atoms with Crippen LogP contribution in [0, 0.1) is 6.92 Å². The summed E-state index contributed by atoms with van der Waals surface area (Å²) in [6, 6.07) is 16.8. The van der Waals surface area contributed by atoms with Gasteiger partial charge < -0.3 is 14.4 Å². The summed E-state index contributed by atoms with van der Waals surface area (Å²) in [6.45, 7) is 6.19. The predicted molar refractivity (Wildman–Crippen MR) is 85.0 cm³/mol. The molecule has 1 heterocycles. The Balaban J connectivity index is 1.64. The van der Waals surface area contributed by atoms with Crippen LogP contribution in [0.25, 0.3) is 0 Å². The molecule has 0 saturated carbocycles. The number of aryl methyl sites for hydroxylation is 1. The number of nitrogens with zero attached hydrogens (tertiary/aromatic N) is 1. The molecule has 0 aromatic heterocycles. The van der Waals surface area contributed by atoms with Crippen molar-refractivity contribution >= 4 is 5.69 Å². The highest BCUT2D eigenvalue weighted by atomic mass is 16.5. The SMILES string of the molecule is Cc1ccc(COc2cccc(N3CCOCC3)c2)cc1. The summed E-state index contributed by atoms with van der Waals surface area (Å²) in [4.78, 5) is 2.34. The van der Waals surface area contributed by atoms with Crippen molar-refractivity contribution in [2.75, 3.05) is 31.2 Å². The van der Waals surface area contributed by atoms with Crippen LogP contribution in [-0.2, 0) is 11.3 Å². The van der Waals surface area contributed by atoms with Gasteiger partial charge in [-0.25, -0.2) is 0 Å². The van der Waals surface area contributed by atoms with Gasteiger partial charge in [-0.05, 0) is 24.6 Å². The Kier molecular flexibility index (Phi) is 4.41. The highest BCUT2D eigenvalue weighted by molar-refractivity contribution is 5.51. The monoisotopic (exact) mass is 283 g/mol. The van der Waals surface area contributed by atoms with Gasteiger partial charge in [0.2, 0.25) is 0 Å². The normalized spacial score (nSPS) is 15.0. The van der Waals surface area contributed by atoms with Gasteiger partial charge in [-0.15, -0.1) is 0 Å². The molecule has 0 radical (unpaired) electrons. The third-order valence-corrected chi connectivity index (χ3v) is 3.72. The fraction of sp³-hybridized carbons (Fsp3) is 0.333. The van der Waals surface area contributed by atoms with Gasteiger partial charge in [-0.3, -0.25) is 0 Å². The van der Waals surface area contributed by atoms with Crippen LogP contribution in [0.5, 0.6) is 5.75 Å². The zero-order valence-corrected chi connectivity index (χ0v) is 12.4. The van der Waals surface area contributed by atoms with E-state index in [0.29, 0.717) is 6.61 Å². The minimum absolute atomic E-state index is 0.604. The van der Waals surface area contributed by atoms with Crippen molar-refractivity contribution in [1.82, 2.24) is 0 Å². The summed E-state index contributed by atoms with van der Waals surface area (Å²) < 4.78 is 11.3. The van der Waals surface area contributed by atoms with Gasteiger partial charge in [-0.1, -0.05) is 35.9 Å². The lowest BCUT2D eigenvalue weighted by atomic mass is 10.2. The molecule has 3 nitrogen and oxygen atoms in total. The summed E-state index contributed by atoms with van der Waals surface area (Å²) in [6.07, 6.45) is 0. The van der Waals surface area contributed by atoms with Gasteiger partial charge in [0.15, 0.2) is 0 Å². The third-order valence-electron chi connectivity index (χ3n) is 3.72. The maximum absolute atomic E-state index is 5.91. The van der Waals surface area contributed by atoms with Crippen molar-refractivity contribution in [1.29, 1.82) is 0 Å². The molecule has 1 aliphatic rings. The van der Waals surface area contributed by atoms with Crippen molar-refractivity contribution in [3.05, 3.63) is 59.7 Å². The fourth-order valence-electron chi connectivity index (χ4n) is 2.44. The first kappa shape index (κ1) is 14.0. The summed E-state index contributed by atoms with van der Waals surface area (Å²) in [5.41, 5.74) is 3.67. The molecule has 1 aliphatic heterocycles. The molecular formula is C18H21NO2. The Bertz CT molecular complexity index is 574. The maximum Gasteiger partial charge on any atom is 0.121 e. The van der Waals surface area contributed by atoms with Gasteiger partial charge in [0.1, 0.15) is 12.4 Å². The zero-order chi connectivity index (χ0) is 14.5. The molecule has 3 heteroatoms. The van der Waals surface area contributed by atoms with Gasteiger partial charge >= 0.3 is 0 Å². The second kappa shape index (κ2) is 6.64. The first-order chi connectivity index (χ1) is 10.3. The van der Waals surface area contributed by atoms with Crippen LogP contribution < -0.4 is 9.64 Å². The first-order valence-corrected chi connectivity index (χ1v) is 7.42. The fourth-order valence-corrected chi connectivity index (χ4v) is 2.44. The van der Waals surface area contributed by atoms with Crippen LogP contribution in [0.15, 0.2) is 48.5 Å². The summed E-state index contributed by atoms with van der Waals surface area (Å²) in [7, 11) is 0. The highest BCUT2D eigenvalue weighted by Crippen LogP contribution is 2.22. The first-order valence-electron chi connectivity index (χ1n) is 7.42. The van der Waals surface area contributed by atoms with E-state index in [2.05, 4.69) is 54.3 Å². The van der Waals surface area contributed by atoms with Gasteiger partial charge in [-0.2, -0.15) is 0 Å². The molecule has 1 fully saturated rings. The molecule has 1 saturated heterocycles. The van der Waals surface area contributed by atoms with E-state index in [-0.39, 0.29) is 0 Å². The lowest BCUT2D eigenvalue weighted by molar-refractivity contribution is 0.122. The molecular weight excluding hydrogens is 262 g/mol. The molecule has 0 aliphatic carbocycles. The average Bonchev–Trinajstić information content (AvgIpc) is 2.55. The zero-order valence-electron chi connectivity index (χ0n) is 12.4. The summed E-state index contributed by atoms with van der Waals surface area (Å²) >= 11 is 0. The standard InChI is InChI=1S/C18H21NO2/c1-15-5-7-16(8-6-15)14-21-18-4-2-3-17(13-18)19-9-11-20-12-10-19/h2-8,13H,9-12,14H2,1H3. The molecule has 0 unspecified atom stereocenters. The van der Waals surface area contributed by atoms with E-state index in [9.17, 15) is 0 Å². The highest BCUT2D eigenvalue weighted by Gasteiger charge is 2.11. The molecule has 2 aromatic carbocycles. The van der Waals surface area contributed by atoms with E-state index in [1.807, 2.05) is 6.07 Å². The van der Waals surface area contributed by atoms with Crippen LogP contribution in [0.4, 0.5) is 5.69 Å². The molecule has 0 amide bonds. The Morgan fingerprint density at radius 2 is 1.81 bits per heavy atom. The molecule has 21 heavy (non-hydrogen) atoms. The van der Waals surface area contributed by atoms with Gasteiger partial charge in [0.25, 0.3) is 0 Å². The van der Waals surface area contributed by atoms with Crippen molar-refractivity contribution < 1.29 is 9.47 Å². The number of hydrogen-bond donors (Lipinski definition) is 0. The van der Waals surface area contributed by atoms with E-state index in [1.54, 1.807) is 0 Å². The van der Waals surface area contributed by atoms with E-state index < -0.39 is 0 Å². The minimum atomic E-state index is 0.604. The molecule has 0 atom stereocenters. The van der Waals surface area contributed by atoms with E-state index in [0.717, 1.165) is 32.1 Å². The predicted octanol–water partition coefficient (Wildman–Crippen LogP) is 3.41. The number of anilines is 1. The Labute approximate surface area is 126 Å². The Morgan fingerprint density at radius 3 is 2.57 bits per heavy atom. The van der Waals surface area contributed by atoms with Gasteiger partial charge in [0.05, 0.1) is 13.2 Å². The van der Waals surface area contributed by atoms with Crippen LogP contribution in [-0.4, -0.2) is 26.3 Å². The smallest absolute Gasteiger partial charge is 0.121 e. The van der Waals surface area contributed by atoms with E-state index in [4.69, 9.17) is 9.47 Å². The number of ether oxygens (including phenoxy) is 2. The van der Waals surface area contributed by atoms with Crippen LogP contribution in [0.1, 0.15) is 11.1 Å². The van der Waals surface area contributed by atoms with Crippen LogP contribution in [0.3, 0.4) is 0 Å². The van der Waals surface area contributed by atoms with Crippen molar-refractivity contribution in [3.8, 4) is 5.75 Å². The number of benzene rings is 2. The van der Waals surface area contributed by atoms with Crippen molar-refractivity contribution in [2.24, 2.45) is 0 Å². The number of hydrogen-bond acceptors (Lipinski definition) is 3. The lowest BCUT2D eigenvalue weighted by Crippen LogP contribution is -2.36. The second-order valence-electron chi connectivity index (χ2n) is 5.37. The lowest BCUT2D eigenvalue weighted by Gasteiger charge is -2.29. The topological polar surface area (TPSA) is 21.7 Å². The Hall–Kier alpha value is -2.00. The molecule has 3 rings (SSSR count).